The summed E-state index contributed by atoms with van der Waals surface area (Å²) < 4.78 is 2.22. The van der Waals surface area contributed by atoms with E-state index in [4.69, 9.17) is 0 Å². The van der Waals surface area contributed by atoms with Gasteiger partial charge in [-0.1, -0.05) is 25.1 Å². The van der Waals surface area contributed by atoms with Crippen molar-refractivity contribution in [1.82, 2.24) is 19.7 Å². The quantitative estimate of drug-likeness (QED) is 0.733. The lowest BCUT2D eigenvalue weighted by Gasteiger charge is -2.37. The Kier molecular flexibility index (Phi) is 7.29. The van der Waals surface area contributed by atoms with Gasteiger partial charge in [-0.05, 0) is 57.2 Å². The molecule has 1 saturated heterocycles. The topological polar surface area (TPSA) is 40.5 Å². The number of aromatic nitrogens is 1. The smallest absolute Gasteiger partial charge is 0.244 e. The van der Waals surface area contributed by atoms with Crippen LogP contribution in [0.1, 0.15) is 30.8 Å². The van der Waals surface area contributed by atoms with E-state index in [1.807, 2.05) is 24.3 Å². The van der Waals surface area contributed by atoms with Crippen molar-refractivity contribution in [2.24, 2.45) is 0 Å². The fraction of sp³-hybridized carbons (Fsp3) is 0.458. The van der Waals surface area contributed by atoms with Crippen LogP contribution in [0.25, 0.3) is 11.8 Å². The minimum atomic E-state index is -0.0337. The van der Waals surface area contributed by atoms with E-state index in [9.17, 15) is 4.79 Å². The summed E-state index contributed by atoms with van der Waals surface area (Å²) in [6, 6.07) is 12.8. The first-order valence-corrected chi connectivity index (χ1v) is 10.7. The average molecular weight is 395 g/mol. The van der Waals surface area contributed by atoms with Gasteiger partial charge in [-0.25, -0.2) is 0 Å². The summed E-state index contributed by atoms with van der Waals surface area (Å²) in [5, 5.41) is 3.06. The number of rotatable bonds is 7. The molecule has 2 aromatic rings. The highest BCUT2D eigenvalue weighted by Gasteiger charge is 2.20. The summed E-state index contributed by atoms with van der Waals surface area (Å²) >= 11 is 0. The van der Waals surface area contributed by atoms with Crippen molar-refractivity contribution < 1.29 is 4.79 Å². The Morgan fingerprint density at radius 1 is 1.14 bits per heavy atom. The summed E-state index contributed by atoms with van der Waals surface area (Å²) in [4.78, 5) is 17.3. The molecule has 1 aromatic carbocycles. The number of nitrogens with zero attached hydrogens (tertiary/aromatic N) is 3. The second-order valence-corrected chi connectivity index (χ2v) is 7.90. The molecule has 2 heterocycles. The van der Waals surface area contributed by atoms with E-state index in [-0.39, 0.29) is 5.91 Å². The van der Waals surface area contributed by atoms with Gasteiger partial charge in [0.1, 0.15) is 0 Å². The predicted molar refractivity (Wildman–Crippen MR) is 120 cm³/mol. The molecule has 0 aliphatic carbocycles. The number of hydrogen-bond acceptors (Lipinski definition) is 3. The molecular weight excluding hydrogens is 360 g/mol. The molecule has 0 radical (unpaired) electrons. The predicted octanol–water partition coefficient (Wildman–Crippen LogP) is 3.25. The third-order valence-corrected chi connectivity index (χ3v) is 5.95. The number of carbonyl (C=O) groups excluding carboxylic acids is 1. The Morgan fingerprint density at radius 2 is 1.83 bits per heavy atom. The Bertz CT molecular complexity index is 832. The van der Waals surface area contributed by atoms with E-state index in [2.05, 4.69) is 65.6 Å². The fourth-order valence-electron chi connectivity index (χ4n) is 4.05. The lowest BCUT2D eigenvalue weighted by molar-refractivity contribution is -0.116. The lowest BCUT2D eigenvalue weighted by atomic mass is 10.2. The maximum absolute atomic E-state index is 12.3. The number of para-hydroxylation sites is 1. The largest absolute Gasteiger partial charge is 0.351 e. The van der Waals surface area contributed by atoms with Gasteiger partial charge in [-0.3, -0.25) is 9.69 Å². The van der Waals surface area contributed by atoms with Gasteiger partial charge in [-0.2, -0.15) is 0 Å². The Morgan fingerprint density at radius 3 is 2.48 bits per heavy atom. The highest BCUT2D eigenvalue weighted by molar-refractivity contribution is 5.91. The maximum Gasteiger partial charge on any atom is 0.244 e. The van der Waals surface area contributed by atoms with Crippen LogP contribution in [-0.2, 0) is 4.79 Å². The first-order valence-electron chi connectivity index (χ1n) is 10.7. The molecule has 5 nitrogen and oxygen atoms in total. The Labute approximate surface area is 175 Å². The zero-order chi connectivity index (χ0) is 20.8. The first-order chi connectivity index (χ1) is 14.0. The summed E-state index contributed by atoms with van der Waals surface area (Å²) in [6.07, 6.45) is 3.57. The molecule has 1 unspecified atom stereocenters. The van der Waals surface area contributed by atoms with Gasteiger partial charge in [0.05, 0.1) is 0 Å². The first kappa shape index (κ1) is 21.3. The summed E-state index contributed by atoms with van der Waals surface area (Å²) in [5.74, 6) is -0.0337. The number of nitrogens with one attached hydrogen (secondary N) is 1. The molecule has 0 saturated carbocycles. The van der Waals surface area contributed by atoms with Crippen LogP contribution in [0, 0.1) is 13.8 Å². The van der Waals surface area contributed by atoms with Crippen LogP contribution >= 0.6 is 0 Å². The SMILES string of the molecule is CCN1CCN(C(C)CNC(=O)C=Cc2cc(C)n(-c3ccccc3)c2C)CC1. The van der Waals surface area contributed by atoms with Gasteiger partial charge in [-0.15, -0.1) is 0 Å². The van der Waals surface area contributed by atoms with Crippen LogP contribution in [0.4, 0.5) is 0 Å². The van der Waals surface area contributed by atoms with Gasteiger partial charge < -0.3 is 14.8 Å². The van der Waals surface area contributed by atoms with E-state index in [1.54, 1.807) is 6.08 Å². The lowest BCUT2D eigenvalue weighted by Crippen LogP contribution is -2.52. The van der Waals surface area contributed by atoms with Crippen LogP contribution < -0.4 is 5.32 Å². The van der Waals surface area contributed by atoms with Crippen LogP contribution in [0.2, 0.25) is 0 Å². The van der Waals surface area contributed by atoms with Gasteiger partial charge in [0.2, 0.25) is 5.91 Å². The van der Waals surface area contributed by atoms with Crippen molar-refractivity contribution in [3.8, 4) is 5.69 Å². The zero-order valence-electron chi connectivity index (χ0n) is 18.2. The van der Waals surface area contributed by atoms with Crippen molar-refractivity contribution in [3.05, 3.63) is 59.4 Å². The molecule has 1 aromatic heterocycles. The van der Waals surface area contributed by atoms with Crippen LogP contribution in [0.5, 0.6) is 0 Å². The van der Waals surface area contributed by atoms with Gasteiger partial charge in [0.15, 0.2) is 0 Å². The number of hydrogen-bond donors (Lipinski definition) is 1. The monoisotopic (exact) mass is 394 g/mol. The van der Waals surface area contributed by atoms with Crippen molar-refractivity contribution in [2.75, 3.05) is 39.3 Å². The molecule has 156 valence electrons. The van der Waals surface area contributed by atoms with Crippen LogP contribution in [-0.4, -0.2) is 65.6 Å². The molecule has 29 heavy (non-hydrogen) atoms. The number of likely N-dealkylation sites (N-methyl/N-ethyl adjacent to an activating group) is 1. The molecule has 1 atom stereocenters. The second kappa shape index (κ2) is 9.90. The van der Waals surface area contributed by atoms with Crippen molar-refractivity contribution >= 4 is 12.0 Å². The highest BCUT2D eigenvalue weighted by Crippen LogP contribution is 2.21. The molecule has 1 aliphatic heterocycles. The Hall–Kier alpha value is -2.37. The molecule has 5 heteroatoms. The number of piperazine rings is 1. The minimum absolute atomic E-state index is 0.0337. The Balaban J connectivity index is 1.55. The highest BCUT2D eigenvalue weighted by atomic mass is 16.1. The van der Waals surface area contributed by atoms with Gasteiger partial charge in [0.25, 0.3) is 0 Å². The number of carbonyl (C=O) groups is 1. The second-order valence-electron chi connectivity index (χ2n) is 7.90. The third-order valence-electron chi connectivity index (χ3n) is 5.95. The number of aryl methyl sites for hydroxylation is 1. The molecule has 1 aliphatic rings. The van der Waals surface area contributed by atoms with E-state index >= 15 is 0 Å². The van der Waals surface area contributed by atoms with Crippen LogP contribution in [0.3, 0.4) is 0 Å². The summed E-state index contributed by atoms with van der Waals surface area (Å²) in [6.45, 7) is 14.8. The fourth-order valence-corrected chi connectivity index (χ4v) is 4.05. The molecule has 1 N–H and O–H groups in total. The molecule has 3 rings (SSSR count). The maximum atomic E-state index is 12.3. The standard InChI is InChI=1S/C24H34N4O/c1-5-26-13-15-27(16-14-26)20(3)18-25-24(29)12-11-22-17-19(2)28(21(22)4)23-9-7-6-8-10-23/h6-12,17,20H,5,13-16,18H2,1-4H3,(H,25,29). The molecular formula is C24H34N4O. The van der Waals surface area contributed by atoms with E-state index in [1.165, 1.54) is 0 Å². The summed E-state index contributed by atoms with van der Waals surface area (Å²) in [5.41, 5.74) is 4.52. The van der Waals surface area contributed by atoms with Crippen LogP contribution in [0.15, 0.2) is 42.5 Å². The number of benzene rings is 1. The molecule has 1 amide bonds. The van der Waals surface area contributed by atoms with Crippen molar-refractivity contribution in [1.29, 1.82) is 0 Å². The van der Waals surface area contributed by atoms with E-state index < -0.39 is 0 Å². The van der Waals surface area contributed by atoms with E-state index in [0.29, 0.717) is 12.6 Å². The van der Waals surface area contributed by atoms with Gasteiger partial charge in [0, 0.05) is 61.9 Å². The third kappa shape index (κ3) is 5.37. The molecule has 0 bridgehead atoms. The molecule has 1 fully saturated rings. The molecule has 0 spiro atoms. The van der Waals surface area contributed by atoms with E-state index in [0.717, 1.165) is 55.4 Å². The van der Waals surface area contributed by atoms with Crippen molar-refractivity contribution in [3.63, 3.8) is 0 Å². The van der Waals surface area contributed by atoms with Crippen molar-refractivity contribution in [2.45, 2.75) is 33.7 Å². The number of amides is 1. The average Bonchev–Trinajstić information content (AvgIpc) is 3.04. The summed E-state index contributed by atoms with van der Waals surface area (Å²) in [7, 11) is 0. The van der Waals surface area contributed by atoms with Gasteiger partial charge >= 0.3 is 0 Å². The normalized spacial score (nSPS) is 17.0. The minimum Gasteiger partial charge on any atom is -0.351 e. The zero-order valence-corrected chi connectivity index (χ0v) is 18.2.